The van der Waals surface area contributed by atoms with Crippen LogP contribution in [0.15, 0.2) is 46.9 Å². The lowest BCUT2D eigenvalue weighted by Crippen LogP contribution is -2.23. The van der Waals surface area contributed by atoms with Crippen molar-refractivity contribution in [1.29, 1.82) is 0 Å². The van der Waals surface area contributed by atoms with Crippen molar-refractivity contribution in [2.45, 2.75) is 26.3 Å². The van der Waals surface area contributed by atoms with Gasteiger partial charge in [0, 0.05) is 6.54 Å². The van der Waals surface area contributed by atoms with Gasteiger partial charge in [-0.05, 0) is 45.1 Å². The third-order valence-electron chi connectivity index (χ3n) is 3.30. The Hall–Kier alpha value is -1.68. The minimum absolute atomic E-state index is 0.0446. The van der Waals surface area contributed by atoms with Gasteiger partial charge in [0.1, 0.15) is 5.82 Å². The summed E-state index contributed by atoms with van der Waals surface area (Å²) in [5, 5.41) is 2.73. The number of amides is 1. The molecule has 2 rings (SSSR count). The molecule has 110 valence electrons. The first-order valence-corrected chi connectivity index (χ1v) is 7.59. The molecule has 0 unspecified atom stereocenters. The van der Waals surface area contributed by atoms with Gasteiger partial charge in [-0.1, -0.05) is 44.2 Å². The zero-order chi connectivity index (χ0) is 15.4. The van der Waals surface area contributed by atoms with Crippen LogP contribution >= 0.6 is 15.9 Å². The van der Waals surface area contributed by atoms with Crippen molar-refractivity contribution < 1.29 is 9.18 Å². The van der Waals surface area contributed by atoms with Crippen molar-refractivity contribution in [3.8, 4) is 0 Å². The lowest BCUT2D eigenvalue weighted by atomic mass is 10.0. The molecule has 2 aromatic carbocycles. The number of hydrogen-bond acceptors (Lipinski definition) is 1. The normalized spacial score (nSPS) is 10.7. The molecule has 0 saturated carbocycles. The standard InChI is InChI=1S/C17H17BrFNO/c1-11(2)13-8-6-12(7-9-13)10-20-17(21)14-4-3-5-15(18)16(14)19/h3-9,11H,10H2,1-2H3,(H,20,21). The highest BCUT2D eigenvalue weighted by molar-refractivity contribution is 9.10. The van der Waals surface area contributed by atoms with Gasteiger partial charge in [0.2, 0.25) is 0 Å². The largest absolute Gasteiger partial charge is 0.348 e. The van der Waals surface area contributed by atoms with Gasteiger partial charge in [-0.15, -0.1) is 0 Å². The monoisotopic (exact) mass is 349 g/mol. The summed E-state index contributed by atoms with van der Waals surface area (Å²) in [5.74, 6) is -0.476. The summed E-state index contributed by atoms with van der Waals surface area (Å²) < 4.78 is 14.1. The van der Waals surface area contributed by atoms with E-state index in [0.29, 0.717) is 12.5 Å². The van der Waals surface area contributed by atoms with Gasteiger partial charge in [0.15, 0.2) is 0 Å². The Bertz CT molecular complexity index is 638. The van der Waals surface area contributed by atoms with Gasteiger partial charge in [0.25, 0.3) is 5.91 Å². The molecular weight excluding hydrogens is 333 g/mol. The van der Waals surface area contributed by atoms with Crippen LogP contribution in [0.2, 0.25) is 0 Å². The SMILES string of the molecule is CC(C)c1ccc(CNC(=O)c2cccc(Br)c2F)cc1. The van der Waals surface area contributed by atoms with E-state index in [9.17, 15) is 9.18 Å². The predicted molar refractivity (Wildman–Crippen MR) is 85.8 cm³/mol. The van der Waals surface area contributed by atoms with Crippen LogP contribution in [0.25, 0.3) is 0 Å². The fourth-order valence-corrected chi connectivity index (χ4v) is 2.34. The number of halogens is 2. The molecule has 4 heteroatoms. The Kier molecular flexibility index (Phi) is 5.12. The van der Waals surface area contributed by atoms with E-state index in [1.54, 1.807) is 12.1 Å². The van der Waals surface area contributed by atoms with Gasteiger partial charge < -0.3 is 5.32 Å². The van der Waals surface area contributed by atoms with E-state index in [1.165, 1.54) is 11.6 Å². The molecule has 0 bridgehead atoms. The Labute approximate surface area is 132 Å². The van der Waals surface area contributed by atoms with E-state index in [2.05, 4.69) is 35.1 Å². The van der Waals surface area contributed by atoms with E-state index in [0.717, 1.165) is 5.56 Å². The first-order chi connectivity index (χ1) is 9.99. The average molecular weight is 350 g/mol. The van der Waals surface area contributed by atoms with E-state index >= 15 is 0 Å². The van der Waals surface area contributed by atoms with Crippen LogP contribution in [0, 0.1) is 5.82 Å². The topological polar surface area (TPSA) is 29.1 Å². The lowest BCUT2D eigenvalue weighted by molar-refractivity contribution is 0.0946. The Balaban J connectivity index is 2.02. The smallest absolute Gasteiger partial charge is 0.254 e. The molecule has 0 atom stereocenters. The summed E-state index contributed by atoms with van der Waals surface area (Å²) in [5.41, 5.74) is 2.29. The van der Waals surface area contributed by atoms with E-state index < -0.39 is 11.7 Å². The van der Waals surface area contributed by atoms with Gasteiger partial charge in [-0.3, -0.25) is 4.79 Å². The maximum absolute atomic E-state index is 13.8. The number of rotatable bonds is 4. The first-order valence-electron chi connectivity index (χ1n) is 6.80. The van der Waals surface area contributed by atoms with Crippen LogP contribution in [0.5, 0.6) is 0 Å². The summed E-state index contributed by atoms with van der Waals surface area (Å²) in [6.45, 7) is 4.64. The minimum atomic E-state index is -0.537. The molecule has 0 spiro atoms. The molecular formula is C17H17BrFNO. The van der Waals surface area contributed by atoms with Gasteiger partial charge in [0.05, 0.1) is 10.0 Å². The number of hydrogen-bond donors (Lipinski definition) is 1. The lowest BCUT2D eigenvalue weighted by Gasteiger charge is -2.09. The third kappa shape index (κ3) is 3.91. The molecule has 2 nitrogen and oxygen atoms in total. The molecule has 0 fully saturated rings. The molecule has 21 heavy (non-hydrogen) atoms. The quantitative estimate of drug-likeness (QED) is 0.855. The van der Waals surface area contributed by atoms with E-state index in [4.69, 9.17) is 0 Å². The summed E-state index contributed by atoms with van der Waals surface area (Å²) in [6.07, 6.45) is 0. The third-order valence-corrected chi connectivity index (χ3v) is 3.91. The highest BCUT2D eigenvalue weighted by Gasteiger charge is 2.13. The van der Waals surface area contributed by atoms with Crippen LogP contribution in [-0.4, -0.2) is 5.91 Å². The fraction of sp³-hybridized carbons (Fsp3) is 0.235. The minimum Gasteiger partial charge on any atom is -0.348 e. The summed E-state index contributed by atoms with van der Waals surface area (Å²) >= 11 is 3.08. The summed E-state index contributed by atoms with van der Waals surface area (Å²) in [4.78, 5) is 12.0. The maximum atomic E-state index is 13.8. The van der Waals surface area contributed by atoms with Crippen molar-refractivity contribution in [2.24, 2.45) is 0 Å². The predicted octanol–water partition coefficient (Wildman–Crippen LogP) is 4.64. The van der Waals surface area contributed by atoms with Crippen molar-refractivity contribution in [1.82, 2.24) is 5.32 Å². The molecule has 0 radical (unpaired) electrons. The van der Waals surface area contributed by atoms with Gasteiger partial charge in [-0.25, -0.2) is 4.39 Å². The van der Waals surface area contributed by atoms with Crippen molar-refractivity contribution in [3.05, 3.63) is 69.4 Å². The number of benzene rings is 2. The highest BCUT2D eigenvalue weighted by Crippen LogP contribution is 2.19. The molecule has 0 aliphatic heterocycles. The Morgan fingerprint density at radius 3 is 2.48 bits per heavy atom. The zero-order valence-electron chi connectivity index (χ0n) is 12.0. The molecule has 0 aliphatic rings. The second-order valence-corrected chi connectivity index (χ2v) is 6.03. The van der Waals surface area contributed by atoms with Gasteiger partial charge >= 0.3 is 0 Å². The van der Waals surface area contributed by atoms with Crippen LogP contribution in [0.1, 0.15) is 41.3 Å². The summed E-state index contributed by atoms with van der Waals surface area (Å²) in [7, 11) is 0. The van der Waals surface area contributed by atoms with Crippen LogP contribution in [-0.2, 0) is 6.54 Å². The molecule has 2 aromatic rings. The molecule has 0 saturated heterocycles. The molecule has 0 aromatic heterocycles. The van der Waals surface area contributed by atoms with Crippen molar-refractivity contribution in [3.63, 3.8) is 0 Å². The van der Waals surface area contributed by atoms with Crippen LogP contribution in [0.3, 0.4) is 0 Å². The molecule has 1 amide bonds. The molecule has 1 N–H and O–H groups in total. The van der Waals surface area contributed by atoms with E-state index in [1.807, 2.05) is 24.3 Å². The Morgan fingerprint density at radius 1 is 1.19 bits per heavy atom. The maximum Gasteiger partial charge on any atom is 0.254 e. The van der Waals surface area contributed by atoms with Gasteiger partial charge in [-0.2, -0.15) is 0 Å². The zero-order valence-corrected chi connectivity index (χ0v) is 13.6. The van der Waals surface area contributed by atoms with Crippen molar-refractivity contribution in [2.75, 3.05) is 0 Å². The van der Waals surface area contributed by atoms with E-state index in [-0.39, 0.29) is 10.0 Å². The number of nitrogens with one attached hydrogen (secondary N) is 1. The molecule has 0 aliphatic carbocycles. The Morgan fingerprint density at radius 2 is 1.86 bits per heavy atom. The summed E-state index contributed by atoms with van der Waals surface area (Å²) in [6, 6.07) is 12.7. The second-order valence-electron chi connectivity index (χ2n) is 5.18. The first kappa shape index (κ1) is 15.7. The van der Waals surface area contributed by atoms with Crippen LogP contribution in [0.4, 0.5) is 4.39 Å². The van der Waals surface area contributed by atoms with Crippen LogP contribution < -0.4 is 5.32 Å². The molecule has 0 heterocycles. The average Bonchev–Trinajstić information content (AvgIpc) is 2.48. The number of carbonyl (C=O) groups is 1. The second kappa shape index (κ2) is 6.85. The number of carbonyl (C=O) groups excluding carboxylic acids is 1. The fourth-order valence-electron chi connectivity index (χ4n) is 1.98. The highest BCUT2D eigenvalue weighted by atomic mass is 79.9. The van der Waals surface area contributed by atoms with Crippen molar-refractivity contribution >= 4 is 21.8 Å².